The molecule has 0 N–H and O–H groups in total. The Morgan fingerprint density at radius 3 is 1.62 bits per heavy atom. The first-order valence-corrected chi connectivity index (χ1v) is 22.8. The molecule has 0 radical (unpaired) electrons. The van der Waals surface area contributed by atoms with E-state index < -0.39 is 0 Å². The van der Waals surface area contributed by atoms with Crippen LogP contribution in [0.5, 0.6) is 0 Å². The average Bonchev–Trinajstić information content (AvgIpc) is 4.15. The summed E-state index contributed by atoms with van der Waals surface area (Å²) in [4.78, 5) is 16.5. The normalized spacial score (nSPS) is 12.1. The highest BCUT2D eigenvalue weighted by Crippen LogP contribution is 2.44. The third-order valence-electron chi connectivity index (χ3n) is 13.7. The lowest BCUT2D eigenvalue weighted by atomic mass is 10.0. The average molecular weight is 870 g/mol. The molecule has 15 aromatic rings. The molecular formula is C61H35N5O2. The van der Waals surface area contributed by atoms with Gasteiger partial charge in [-0.15, -0.1) is 0 Å². The fourth-order valence-electron chi connectivity index (χ4n) is 10.8. The predicted molar refractivity (Wildman–Crippen MR) is 277 cm³/mol. The Balaban J connectivity index is 1.07. The van der Waals surface area contributed by atoms with Gasteiger partial charge in [0.1, 0.15) is 22.3 Å². The number of para-hydroxylation sites is 5. The molecule has 0 bridgehead atoms. The summed E-state index contributed by atoms with van der Waals surface area (Å²) >= 11 is 0. The molecule has 0 spiro atoms. The predicted octanol–water partition coefficient (Wildman–Crippen LogP) is 16.0. The van der Waals surface area contributed by atoms with Crippen molar-refractivity contribution in [2.45, 2.75) is 0 Å². The second kappa shape index (κ2) is 14.1. The topological polar surface area (TPSA) is 74.8 Å². The minimum atomic E-state index is 0.496. The zero-order valence-electron chi connectivity index (χ0n) is 36.3. The Kier molecular flexibility index (Phi) is 7.65. The quantitative estimate of drug-likeness (QED) is 0.172. The number of nitrogens with zero attached hydrogens (tertiary/aromatic N) is 5. The summed E-state index contributed by atoms with van der Waals surface area (Å²) in [6.45, 7) is 0. The van der Waals surface area contributed by atoms with Crippen molar-refractivity contribution in [2.75, 3.05) is 0 Å². The summed E-state index contributed by atoms with van der Waals surface area (Å²) in [6, 6.07) is 74.4. The number of benzene rings is 10. The molecule has 0 aliphatic rings. The molecule has 5 aromatic heterocycles. The van der Waals surface area contributed by atoms with E-state index >= 15 is 0 Å². The second-order valence-electron chi connectivity index (χ2n) is 17.5. The molecule has 0 unspecified atom stereocenters. The van der Waals surface area contributed by atoms with Gasteiger partial charge < -0.3 is 18.0 Å². The monoisotopic (exact) mass is 869 g/mol. The molecule has 0 fully saturated rings. The number of aromatic nitrogens is 5. The molecule has 7 nitrogen and oxygen atoms in total. The van der Waals surface area contributed by atoms with Crippen LogP contribution in [0.25, 0.3) is 144 Å². The smallest absolute Gasteiger partial charge is 0.167 e. The van der Waals surface area contributed by atoms with Gasteiger partial charge in [0.25, 0.3) is 0 Å². The highest BCUT2D eigenvalue weighted by atomic mass is 16.3. The first-order valence-electron chi connectivity index (χ1n) is 22.8. The van der Waals surface area contributed by atoms with Crippen LogP contribution in [0, 0.1) is 0 Å². The largest absolute Gasteiger partial charge is 0.456 e. The number of hydrogen-bond donors (Lipinski definition) is 0. The van der Waals surface area contributed by atoms with E-state index in [-0.39, 0.29) is 0 Å². The van der Waals surface area contributed by atoms with Gasteiger partial charge in [0, 0.05) is 65.6 Å². The van der Waals surface area contributed by atoms with Crippen molar-refractivity contribution in [3.63, 3.8) is 0 Å². The van der Waals surface area contributed by atoms with Crippen LogP contribution in [-0.4, -0.2) is 24.1 Å². The van der Waals surface area contributed by atoms with Crippen LogP contribution >= 0.6 is 0 Å². The van der Waals surface area contributed by atoms with Crippen molar-refractivity contribution < 1.29 is 8.83 Å². The van der Waals surface area contributed by atoms with Gasteiger partial charge in [-0.05, 0) is 83.6 Å². The molecule has 5 heterocycles. The maximum absolute atomic E-state index is 6.90. The highest BCUT2D eigenvalue weighted by Gasteiger charge is 2.25. The summed E-state index contributed by atoms with van der Waals surface area (Å²) in [7, 11) is 0. The maximum Gasteiger partial charge on any atom is 0.167 e. The summed E-state index contributed by atoms with van der Waals surface area (Å²) in [5.41, 5.74) is 12.0. The fourth-order valence-corrected chi connectivity index (χ4v) is 10.8. The zero-order valence-corrected chi connectivity index (χ0v) is 36.3. The lowest BCUT2D eigenvalue weighted by Crippen LogP contribution is -2.02. The molecule has 10 aromatic carbocycles. The van der Waals surface area contributed by atoms with Gasteiger partial charge in [-0.2, -0.15) is 0 Å². The third-order valence-corrected chi connectivity index (χ3v) is 13.7. The molecule has 68 heavy (non-hydrogen) atoms. The van der Waals surface area contributed by atoms with Crippen LogP contribution in [0.15, 0.2) is 221 Å². The number of fused-ring (bicyclic) bond motifs is 13. The molecule has 15 rings (SSSR count). The first kappa shape index (κ1) is 36.9. The van der Waals surface area contributed by atoms with Gasteiger partial charge in [-0.25, -0.2) is 15.0 Å². The van der Waals surface area contributed by atoms with Crippen LogP contribution in [-0.2, 0) is 0 Å². The molecule has 316 valence electrons. The Morgan fingerprint density at radius 2 is 0.838 bits per heavy atom. The van der Waals surface area contributed by atoms with Gasteiger partial charge in [0.05, 0.1) is 27.6 Å². The number of rotatable bonds is 5. The van der Waals surface area contributed by atoms with E-state index in [1.54, 1.807) is 0 Å². The van der Waals surface area contributed by atoms with Gasteiger partial charge in [0.2, 0.25) is 0 Å². The molecule has 0 atom stereocenters. The van der Waals surface area contributed by atoms with Crippen LogP contribution in [0.3, 0.4) is 0 Å². The molecule has 0 saturated heterocycles. The Morgan fingerprint density at radius 1 is 0.294 bits per heavy atom. The Bertz CT molecular complexity index is 4570. The van der Waals surface area contributed by atoms with Crippen molar-refractivity contribution in [2.24, 2.45) is 0 Å². The molecule has 0 amide bonds. The number of hydrogen-bond acceptors (Lipinski definition) is 5. The minimum Gasteiger partial charge on any atom is -0.456 e. The van der Waals surface area contributed by atoms with E-state index in [0.717, 1.165) is 99.2 Å². The summed E-state index contributed by atoms with van der Waals surface area (Å²) in [6.07, 6.45) is 0. The standard InChI is InChI=1S/C61H35N5O2/c1-2-18-38(19-3-1)65-50-27-11-7-22-42(50)56-44(24-14-28-51(56)65)59-62-60(45-25-15-31-55-57(45)43-23-9-13-30-54(43)67-55)64-61(63-59)48-35-39(34-47-41-21-8-12-29-53(41)68-58(47)48)66-49-26-10-6-20-40(49)46-32-36-16-4-5-17-37(36)33-52(46)66/h1-35H. The third kappa shape index (κ3) is 5.32. The molecule has 0 aliphatic carbocycles. The summed E-state index contributed by atoms with van der Waals surface area (Å²) < 4.78 is 18.1. The van der Waals surface area contributed by atoms with Crippen LogP contribution < -0.4 is 0 Å². The highest BCUT2D eigenvalue weighted by molar-refractivity contribution is 6.17. The van der Waals surface area contributed by atoms with E-state index in [9.17, 15) is 0 Å². The van der Waals surface area contributed by atoms with E-state index in [4.69, 9.17) is 23.8 Å². The van der Waals surface area contributed by atoms with E-state index in [1.165, 1.54) is 21.5 Å². The van der Waals surface area contributed by atoms with Gasteiger partial charge >= 0.3 is 0 Å². The molecular weight excluding hydrogens is 835 g/mol. The molecule has 0 aliphatic heterocycles. The SMILES string of the molecule is c1ccc(-n2c3ccccc3c3c(-c4nc(-c5cc(-n6c7ccccc7c7cc8ccccc8cc76)cc6c5oc5ccccc56)nc(-c5cccc6oc7ccccc7c56)n4)cccc32)cc1. The first-order chi connectivity index (χ1) is 33.7. The second-order valence-corrected chi connectivity index (χ2v) is 17.5. The van der Waals surface area contributed by atoms with Crippen LogP contribution in [0.1, 0.15) is 0 Å². The van der Waals surface area contributed by atoms with Gasteiger partial charge in [-0.1, -0.05) is 140 Å². The zero-order chi connectivity index (χ0) is 44.5. The Hall–Kier alpha value is -9.33. The number of furan rings is 2. The van der Waals surface area contributed by atoms with Crippen molar-refractivity contribution >= 4 is 98.3 Å². The van der Waals surface area contributed by atoms with Crippen molar-refractivity contribution in [1.29, 1.82) is 0 Å². The maximum atomic E-state index is 6.90. The van der Waals surface area contributed by atoms with Gasteiger partial charge in [0.15, 0.2) is 17.5 Å². The van der Waals surface area contributed by atoms with Crippen molar-refractivity contribution in [1.82, 2.24) is 24.1 Å². The van der Waals surface area contributed by atoms with Crippen molar-refractivity contribution in [3.05, 3.63) is 212 Å². The van der Waals surface area contributed by atoms with Gasteiger partial charge in [-0.3, -0.25) is 0 Å². The molecule has 0 saturated carbocycles. The van der Waals surface area contributed by atoms with Crippen LogP contribution in [0.2, 0.25) is 0 Å². The van der Waals surface area contributed by atoms with Crippen molar-refractivity contribution in [3.8, 4) is 45.5 Å². The van der Waals surface area contributed by atoms with Crippen LogP contribution in [0.4, 0.5) is 0 Å². The van der Waals surface area contributed by atoms with E-state index in [1.807, 2.05) is 42.5 Å². The summed E-state index contributed by atoms with van der Waals surface area (Å²) in [5, 5.41) is 10.8. The van der Waals surface area contributed by atoms with E-state index in [2.05, 4.69) is 179 Å². The van der Waals surface area contributed by atoms with E-state index in [0.29, 0.717) is 23.1 Å². The lowest BCUT2D eigenvalue weighted by molar-refractivity contribution is 0.668. The summed E-state index contributed by atoms with van der Waals surface area (Å²) in [5.74, 6) is 1.58. The minimum absolute atomic E-state index is 0.496. The Labute approximate surface area is 387 Å². The fraction of sp³-hybridized carbons (Fsp3) is 0. The molecule has 7 heteroatoms. The lowest BCUT2D eigenvalue weighted by Gasteiger charge is -2.13.